The number of allylic oxidation sites excluding steroid dienone is 3. The lowest BCUT2D eigenvalue weighted by molar-refractivity contribution is -0.158. The van der Waals surface area contributed by atoms with Crippen molar-refractivity contribution in [2.45, 2.75) is 187 Å². The molecule has 0 radical (unpaired) electrons. The number of carbonyl (C=O) groups is 10. The fourth-order valence-electron chi connectivity index (χ4n) is 12.0. The van der Waals surface area contributed by atoms with Crippen LogP contribution in [-0.4, -0.2) is 177 Å². The molecule has 4 aliphatic rings. The van der Waals surface area contributed by atoms with Gasteiger partial charge in [-0.3, -0.25) is 43.8 Å². The fourth-order valence-corrected chi connectivity index (χ4v) is 12.3. The molecule has 0 saturated carbocycles. The lowest BCUT2D eigenvalue weighted by atomic mass is 9.83. The van der Waals surface area contributed by atoms with Crippen LogP contribution in [-0.2, 0) is 58.9 Å². The number of benzene rings is 2. The number of unbranched alkanes of at least 4 members (excludes halogenated alkanes) is 2. The first-order valence-corrected chi connectivity index (χ1v) is 31.9. The van der Waals surface area contributed by atoms with Gasteiger partial charge in [0, 0.05) is 71.0 Å². The average molecular weight is 1320 g/mol. The Morgan fingerprint density at radius 2 is 1.63 bits per heavy atom. The summed E-state index contributed by atoms with van der Waals surface area (Å²) in [6, 6.07) is 3.24. The highest BCUT2D eigenvalue weighted by atomic mass is 35.5. The van der Waals surface area contributed by atoms with E-state index >= 15 is 0 Å². The number of urea groups is 1. The standard InChI is InChI=1S/C66H94ClN9O17/c1-36(2)55(72-51(77)23-16-15-17-27-76-53(79)32-42(60(76)83)34-64(6,7)8)58(81)71-44(21-19-26-69-62(68)85)57(80)70-43-25-24-41(31-46(43)88-12)59(82)74(10)39(5)61(84)92-50-33-52(78)75(11)45-29-40(30-47(89-13)54(45)67)28-37(3)20-18-22-49(90-14)66(87)35-48(91-63(86)73-66)38(4)56-65(50,9)93-56/h18,20,22,24-25,29-31,36,38-39,42,44,48-50,55-56,87H,15-17,19,21,23,26-28,32-35H2,1-14H3,(H,70,80)(H,71,81)(H,72,77)(H,73,86)(H3,68,69,85)/b22-18+,37-20+/t38-,39+,42?,44+,48+,49-,50+,55+,56+,65+,66+/m1/s1. The number of nitrogens with zero attached hydrogens (tertiary/aromatic N) is 3. The van der Waals surface area contributed by atoms with E-state index in [0.29, 0.717) is 43.5 Å². The number of primary amides is 1. The number of hydrogen-bond acceptors (Lipinski definition) is 17. The third-order valence-electron chi connectivity index (χ3n) is 17.5. The van der Waals surface area contributed by atoms with Gasteiger partial charge < -0.3 is 70.3 Å². The van der Waals surface area contributed by atoms with E-state index in [-0.39, 0.29) is 90.4 Å². The van der Waals surface area contributed by atoms with Crippen molar-refractivity contribution >= 4 is 82.4 Å². The number of imide groups is 1. The van der Waals surface area contributed by atoms with E-state index < -0.39 is 120 Å². The van der Waals surface area contributed by atoms with E-state index in [1.807, 2.05) is 33.8 Å². The van der Waals surface area contributed by atoms with Crippen LogP contribution in [0, 0.1) is 23.2 Å². The van der Waals surface area contributed by atoms with E-state index in [0.717, 1.165) is 16.0 Å². The summed E-state index contributed by atoms with van der Waals surface area (Å²) < 4.78 is 35.3. The van der Waals surface area contributed by atoms with Gasteiger partial charge in [0.05, 0.1) is 38.1 Å². The lowest BCUT2D eigenvalue weighted by Gasteiger charge is -2.42. The van der Waals surface area contributed by atoms with E-state index in [9.17, 15) is 53.1 Å². The third-order valence-corrected chi connectivity index (χ3v) is 17.9. The van der Waals surface area contributed by atoms with Crippen LogP contribution in [0.4, 0.5) is 21.0 Å². The highest BCUT2D eigenvalue weighted by molar-refractivity contribution is 6.35. The fraction of sp³-hybridized carbons (Fsp3) is 0.606. The van der Waals surface area contributed by atoms with Crippen molar-refractivity contribution in [1.29, 1.82) is 0 Å². The Morgan fingerprint density at radius 3 is 2.28 bits per heavy atom. The van der Waals surface area contributed by atoms with Crippen LogP contribution in [0.2, 0.25) is 5.02 Å². The number of nitrogens with one attached hydrogen (secondary N) is 5. The molecule has 3 fully saturated rings. The molecule has 2 aromatic carbocycles. The van der Waals surface area contributed by atoms with Crippen LogP contribution in [0.25, 0.3) is 0 Å². The van der Waals surface area contributed by atoms with Gasteiger partial charge in [0.15, 0.2) is 5.72 Å². The molecule has 10 amide bonds. The summed E-state index contributed by atoms with van der Waals surface area (Å²) in [5.74, 6) is -5.37. The number of rotatable bonds is 24. The Balaban J connectivity index is 1.15. The second-order valence-electron chi connectivity index (χ2n) is 26.4. The molecule has 6 rings (SSSR count). The van der Waals surface area contributed by atoms with Crippen molar-refractivity contribution in [2.75, 3.05) is 58.7 Å². The molecule has 4 bridgehead atoms. The smallest absolute Gasteiger partial charge is 0.409 e. The summed E-state index contributed by atoms with van der Waals surface area (Å²) in [6.07, 6.45) is 2.46. The first kappa shape index (κ1) is 74.2. The van der Waals surface area contributed by atoms with E-state index in [1.54, 1.807) is 52.0 Å². The topological polar surface area (TPSA) is 345 Å². The molecular formula is C66H94ClN9O17. The largest absolute Gasteiger partial charge is 0.495 e. The summed E-state index contributed by atoms with van der Waals surface area (Å²) in [4.78, 5) is 139. The average Bonchev–Trinajstić information content (AvgIpc) is 1.58. The highest BCUT2D eigenvalue weighted by Gasteiger charge is 2.64. The molecule has 27 heteroatoms. The van der Waals surface area contributed by atoms with Crippen LogP contribution >= 0.6 is 11.6 Å². The van der Waals surface area contributed by atoms with Crippen molar-refractivity contribution < 1.29 is 81.5 Å². The Hall–Kier alpha value is -7.81. The van der Waals surface area contributed by atoms with E-state index in [4.69, 9.17) is 45.8 Å². The Kier molecular flexibility index (Phi) is 25.4. The van der Waals surface area contributed by atoms with Gasteiger partial charge in [0.1, 0.15) is 58.6 Å². The van der Waals surface area contributed by atoms with Gasteiger partial charge in [-0.2, -0.15) is 0 Å². The van der Waals surface area contributed by atoms with Gasteiger partial charge in [-0.05, 0) is 107 Å². The Bertz CT molecular complexity index is 3190. The van der Waals surface area contributed by atoms with Gasteiger partial charge in [-0.15, -0.1) is 0 Å². The minimum Gasteiger partial charge on any atom is -0.495 e. The second kappa shape index (κ2) is 31.9. The number of methoxy groups -OCH3 is 3. The van der Waals surface area contributed by atoms with E-state index in [2.05, 4.69) is 26.6 Å². The minimum absolute atomic E-state index is 0.00436. The lowest BCUT2D eigenvalue weighted by Crippen LogP contribution is -2.63. The number of fused-ring (bicyclic) bond motifs is 5. The van der Waals surface area contributed by atoms with Crippen molar-refractivity contribution in [3.63, 3.8) is 0 Å². The highest BCUT2D eigenvalue weighted by Crippen LogP contribution is 2.49. The Morgan fingerprint density at radius 1 is 0.935 bits per heavy atom. The molecular weight excluding hydrogens is 1230 g/mol. The Labute approximate surface area is 549 Å². The van der Waals surface area contributed by atoms with Crippen molar-refractivity contribution in [2.24, 2.45) is 28.9 Å². The SMILES string of the molecule is COc1cc(C(=O)N(C)[C@@H](C)C(=O)O[C@H]2CC(=O)N(C)c3cc(cc(OC)c3Cl)C/C(C)=C/C=C/[C@@H](OC)[C@@]3(O)C[C@H](OC(=O)N3)[C@@H](C)[C@@H]3O[C@@]23C)ccc1NC(=O)[C@H](CCCNC(N)=O)NC(=O)[C@@H](NC(=O)CCCCCN1C(=O)CC(CC(C)(C)C)C1=O)C(C)C. The normalized spacial score (nSPS) is 25.2. The minimum atomic E-state index is -1.93. The number of esters is 1. The molecule has 4 aliphatic heterocycles. The molecule has 0 aliphatic carbocycles. The van der Waals surface area contributed by atoms with E-state index in [1.165, 1.54) is 70.3 Å². The zero-order valence-electron chi connectivity index (χ0n) is 55.9. The number of ether oxygens (including phenoxy) is 6. The number of halogens is 1. The summed E-state index contributed by atoms with van der Waals surface area (Å²) >= 11 is 6.87. The summed E-state index contributed by atoms with van der Waals surface area (Å²) in [5.41, 5.74) is 3.89. The predicted molar refractivity (Wildman–Crippen MR) is 345 cm³/mol. The van der Waals surface area contributed by atoms with Gasteiger partial charge in [0.25, 0.3) is 5.91 Å². The molecule has 26 nitrogen and oxygen atoms in total. The maximum Gasteiger partial charge on any atom is 0.409 e. The third kappa shape index (κ3) is 19.2. The number of carbonyl (C=O) groups excluding carboxylic acids is 10. The quantitative estimate of drug-likeness (QED) is 0.0265. The molecule has 3 saturated heterocycles. The number of epoxide rings is 1. The maximum atomic E-state index is 14.6. The zero-order chi connectivity index (χ0) is 69.0. The summed E-state index contributed by atoms with van der Waals surface area (Å²) in [6.45, 7) is 16.6. The number of alkyl carbamates (subject to hydrolysis) is 1. The number of amides is 10. The second-order valence-corrected chi connectivity index (χ2v) is 26.7. The molecule has 4 heterocycles. The monoisotopic (exact) mass is 1320 g/mol. The maximum absolute atomic E-state index is 14.6. The molecule has 0 spiro atoms. The molecule has 93 heavy (non-hydrogen) atoms. The predicted octanol–water partition coefficient (Wildman–Crippen LogP) is 6.22. The van der Waals surface area contributed by atoms with Gasteiger partial charge in [-0.25, -0.2) is 14.4 Å². The summed E-state index contributed by atoms with van der Waals surface area (Å²) in [5, 5.41) is 25.4. The van der Waals surface area contributed by atoms with Crippen molar-refractivity contribution in [3.8, 4) is 11.5 Å². The van der Waals surface area contributed by atoms with Crippen molar-refractivity contribution in [3.05, 3.63) is 70.3 Å². The number of aliphatic hydroxyl groups is 1. The molecule has 8 N–H and O–H groups in total. The molecule has 512 valence electrons. The van der Waals surface area contributed by atoms with Gasteiger partial charge in [0.2, 0.25) is 35.4 Å². The van der Waals surface area contributed by atoms with Crippen molar-refractivity contribution in [1.82, 2.24) is 31.1 Å². The van der Waals surface area contributed by atoms with Crippen LogP contribution in [0.15, 0.2) is 54.1 Å². The number of hydrogen-bond donors (Lipinski definition) is 7. The van der Waals surface area contributed by atoms with Crippen LogP contribution in [0.1, 0.15) is 142 Å². The van der Waals surface area contributed by atoms with Gasteiger partial charge >= 0.3 is 18.1 Å². The van der Waals surface area contributed by atoms with Crippen LogP contribution < -0.4 is 46.7 Å². The number of anilines is 2. The molecule has 0 aromatic heterocycles. The molecule has 2 aromatic rings. The van der Waals surface area contributed by atoms with Crippen LogP contribution in [0.3, 0.4) is 0 Å². The van der Waals surface area contributed by atoms with Crippen LogP contribution in [0.5, 0.6) is 11.5 Å². The molecule has 1 unspecified atom stereocenters. The number of nitrogens with two attached hydrogens (primary N) is 1. The van der Waals surface area contributed by atoms with Gasteiger partial charge in [-0.1, -0.05) is 83.4 Å². The first-order valence-electron chi connectivity index (χ1n) is 31.5. The molecule has 11 atom stereocenters. The first-order chi connectivity index (χ1) is 43.6. The zero-order valence-corrected chi connectivity index (χ0v) is 56.6. The number of likely N-dealkylation sites (tertiary alicyclic amines) is 1. The number of likely N-dealkylation sites (N-methyl/N-ethyl adjacent to an activating group) is 1. The summed E-state index contributed by atoms with van der Waals surface area (Å²) in [7, 11) is 7.05.